The standard InChI is InChI=1S/C8H12.2H2O/c1-2-4-6-8-7-5-3-1;;/h1-2,7-8H,3-6H2;2*1H2/b2-1-,8-7-;;. The molecule has 0 aromatic carbocycles. The van der Waals surface area contributed by atoms with E-state index in [-0.39, 0.29) is 11.0 Å². The Hall–Kier alpha value is -0.600. The zero-order valence-corrected chi connectivity index (χ0v) is 6.14. The van der Waals surface area contributed by atoms with Crippen LogP contribution >= 0.6 is 0 Å². The Balaban J connectivity index is 0. The van der Waals surface area contributed by atoms with Crippen LogP contribution in [0, 0.1) is 0 Å². The summed E-state index contributed by atoms with van der Waals surface area (Å²) in [5, 5.41) is 0. The van der Waals surface area contributed by atoms with E-state index in [0.717, 1.165) is 0 Å². The molecule has 4 N–H and O–H groups in total. The predicted octanol–water partition coefficient (Wildman–Crippen LogP) is 1.02. The molecule has 10 heavy (non-hydrogen) atoms. The third kappa shape index (κ3) is 5.54. The fourth-order valence-electron chi connectivity index (χ4n) is 0.856. The molecule has 1 rings (SSSR count). The van der Waals surface area contributed by atoms with Crippen molar-refractivity contribution in [2.75, 3.05) is 0 Å². The van der Waals surface area contributed by atoms with Gasteiger partial charge in [-0.3, -0.25) is 0 Å². The van der Waals surface area contributed by atoms with E-state index in [1.807, 2.05) is 0 Å². The molecule has 1 aliphatic carbocycles. The Morgan fingerprint density at radius 3 is 0.900 bits per heavy atom. The van der Waals surface area contributed by atoms with E-state index in [1.54, 1.807) is 0 Å². The van der Waals surface area contributed by atoms with E-state index >= 15 is 0 Å². The van der Waals surface area contributed by atoms with Crippen LogP contribution in [-0.4, -0.2) is 11.0 Å². The molecule has 0 aromatic rings. The van der Waals surface area contributed by atoms with Gasteiger partial charge in [0, 0.05) is 0 Å². The molecule has 0 heterocycles. The maximum Gasteiger partial charge on any atom is -0.0316 e. The Morgan fingerprint density at radius 1 is 0.500 bits per heavy atom. The lowest BCUT2D eigenvalue weighted by Gasteiger charge is -1.92. The highest BCUT2D eigenvalue weighted by molar-refractivity contribution is 4.93. The Bertz CT molecular complexity index is 79.8. The van der Waals surface area contributed by atoms with Crippen molar-refractivity contribution in [3.05, 3.63) is 24.3 Å². The highest BCUT2D eigenvalue weighted by Crippen LogP contribution is 2.02. The molecule has 2 heteroatoms. The molecule has 0 saturated carbocycles. The molecule has 2 nitrogen and oxygen atoms in total. The van der Waals surface area contributed by atoms with Crippen molar-refractivity contribution in [1.29, 1.82) is 0 Å². The summed E-state index contributed by atoms with van der Waals surface area (Å²) in [6, 6.07) is 0. The molecule has 0 aromatic heterocycles. The van der Waals surface area contributed by atoms with E-state index in [0.29, 0.717) is 0 Å². The minimum atomic E-state index is 0. The molecular formula is C8H16O2. The second kappa shape index (κ2) is 8.40. The van der Waals surface area contributed by atoms with Gasteiger partial charge >= 0.3 is 0 Å². The van der Waals surface area contributed by atoms with Crippen LogP contribution in [0.4, 0.5) is 0 Å². The first kappa shape index (κ1) is 12.1. The van der Waals surface area contributed by atoms with E-state index in [1.165, 1.54) is 25.7 Å². The van der Waals surface area contributed by atoms with E-state index in [2.05, 4.69) is 24.3 Å². The molecule has 0 amide bonds. The SMILES string of the molecule is C1=C\CC/C=C\CC/1.O.O. The van der Waals surface area contributed by atoms with E-state index < -0.39 is 0 Å². The van der Waals surface area contributed by atoms with Crippen molar-refractivity contribution in [2.24, 2.45) is 0 Å². The molecule has 60 valence electrons. The van der Waals surface area contributed by atoms with Gasteiger partial charge < -0.3 is 11.0 Å². The molecule has 0 atom stereocenters. The van der Waals surface area contributed by atoms with Crippen LogP contribution in [0.5, 0.6) is 0 Å². The van der Waals surface area contributed by atoms with Crippen molar-refractivity contribution in [3.63, 3.8) is 0 Å². The van der Waals surface area contributed by atoms with Gasteiger partial charge in [-0.25, -0.2) is 0 Å². The van der Waals surface area contributed by atoms with Crippen LogP contribution in [0.1, 0.15) is 25.7 Å². The lowest BCUT2D eigenvalue weighted by Crippen LogP contribution is -1.71. The van der Waals surface area contributed by atoms with Gasteiger partial charge in [-0.05, 0) is 25.7 Å². The molecule has 0 saturated heterocycles. The number of allylic oxidation sites excluding steroid dienone is 4. The fraction of sp³-hybridized carbons (Fsp3) is 0.500. The Kier molecular flexibility index (Phi) is 10.2. The van der Waals surface area contributed by atoms with Crippen LogP contribution in [-0.2, 0) is 0 Å². The van der Waals surface area contributed by atoms with Crippen LogP contribution in [0.25, 0.3) is 0 Å². The summed E-state index contributed by atoms with van der Waals surface area (Å²) in [5.41, 5.74) is 0. The van der Waals surface area contributed by atoms with Gasteiger partial charge in [0.1, 0.15) is 0 Å². The summed E-state index contributed by atoms with van der Waals surface area (Å²) in [4.78, 5) is 0. The maximum absolute atomic E-state index is 2.27. The maximum atomic E-state index is 2.27. The molecular weight excluding hydrogens is 128 g/mol. The third-order valence-corrected chi connectivity index (χ3v) is 1.33. The lowest BCUT2D eigenvalue weighted by molar-refractivity contribution is 0.823. The fourth-order valence-corrected chi connectivity index (χ4v) is 0.856. The highest BCUT2D eigenvalue weighted by atomic mass is 16.0. The topological polar surface area (TPSA) is 63.0 Å². The van der Waals surface area contributed by atoms with Gasteiger partial charge in [0.25, 0.3) is 0 Å². The van der Waals surface area contributed by atoms with Gasteiger partial charge in [-0.15, -0.1) is 0 Å². The summed E-state index contributed by atoms with van der Waals surface area (Å²) in [5.74, 6) is 0. The summed E-state index contributed by atoms with van der Waals surface area (Å²) < 4.78 is 0. The second-order valence-corrected chi connectivity index (χ2v) is 2.10. The second-order valence-electron chi connectivity index (χ2n) is 2.10. The third-order valence-electron chi connectivity index (χ3n) is 1.33. The van der Waals surface area contributed by atoms with Crippen LogP contribution in [0.2, 0.25) is 0 Å². The van der Waals surface area contributed by atoms with Crippen molar-refractivity contribution < 1.29 is 11.0 Å². The van der Waals surface area contributed by atoms with Crippen molar-refractivity contribution in [1.82, 2.24) is 0 Å². The normalized spacial score (nSPS) is 22.4. The molecule has 0 spiro atoms. The first-order valence-corrected chi connectivity index (χ1v) is 3.30. The number of hydrogen-bond acceptors (Lipinski definition) is 0. The molecule has 0 aliphatic heterocycles. The van der Waals surface area contributed by atoms with Gasteiger partial charge in [0.15, 0.2) is 0 Å². The number of rotatable bonds is 0. The van der Waals surface area contributed by atoms with Gasteiger partial charge in [0.2, 0.25) is 0 Å². The average Bonchev–Trinajstić information content (AvgIpc) is 1.62. The van der Waals surface area contributed by atoms with Crippen molar-refractivity contribution in [2.45, 2.75) is 25.7 Å². The Labute approximate surface area is 61.9 Å². The van der Waals surface area contributed by atoms with E-state index in [4.69, 9.17) is 0 Å². The van der Waals surface area contributed by atoms with Crippen LogP contribution in [0.15, 0.2) is 24.3 Å². The minimum absolute atomic E-state index is 0. The monoisotopic (exact) mass is 144 g/mol. The first-order chi connectivity index (χ1) is 4.00. The summed E-state index contributed by atoms with van der Waals surface area (Å²) in [6.45, 7) is 0. The summed E-state index contributed by atoms with van der Waals surface area (Å²) >= 11 is 0. The summed E-state index contributed by atoms with van der Waals surface area (Å²) in [6.07, 6.45) is 14.0. The molecule has 0 radical (unpaired) electrons. The van der Waals surface area contributed by atoms with Crippen LogP contribution in [0.3, 0.4) is 0 Å². The van der Waals surface area contributed by atoms with Crippen LogP contribution < -0.4 is 0 Å². The molecule has 0 unspecified atom stereocenters. The van der Waals surface area contributed by atoms with Gasteiger partial charge in [0.05, 0.1) is 0 Å². The smallest absolute Gasteiger partial charge is 0.0316 e. The predicted molar refractivity (Wildman–Crippen MR) is 44.0 cm³/mol. The van der Waals surface area contributed by atoms with Gasteiger partial charge in [-0.2, -0.15) is 0 Å². The van der Waals surface area contributed by atoms with Crippen molar-refractivity contribution >= 4 is 0 Å². The zero-order valence-electron chi connectivity index (χ0n) is 6.14. The summed E-state index contributed by atoms with van der Waals surface area (Å²) in [7, 11) is 0. The Morgan fingerprint density at radius 2 is 0.700 bits per heavy atom. The zero-order chi connectivity index (χ0) is 5.66. The molecule has 1 aliphatic rings. The van der Waals surface area contributed by atoms with Gasteiger partial charge in [-0.1, -0.05) is 24.3 Å². The highest BCUT2D eigenvalue weighted by Gasteiger charge is 1.81. The molecule has 0 bridgehead atoms. The molecule has 0 fully saturated rings. The number of hydrogen-bond donors (Lipinski definition) is 0. The van der Waals surface area contributed by atoms with Crippen molar-refractivity contribution in [3.8, 4) is 0 Å². The quantitative estimate of drug-likeness (QED) is 0.456. The minimum Gasteiger partial charge on any atom is -0.412 e. The lowest BCUT2D eigenvalue weighted by atomic mass is 10.1. The largest absolute Gasteiger partial charge is 0.412 e. The first-order valence-electron chi connectivity index (χ1n) is 3.30. The average molecular weight is 144 g/mol. The van der Waals surface area contributed by atoms with E-state index in [9.17, 15) is 0 Å².